The molecule has 0 aliphatic carbocycles. The number of carbonyl (C=O) groups is 1. The standard InChI is InChI=1S/C9H19N3O/c1-4-11(3)9(13)12-6-5-10-8(2)7-12/h8,10H,4-7H2,1-3H3/t8-/m1/s1. The van der Waals surface area contributed by atoms with Gasteiger partial charge in [-0.05, 0) is 13.8 Å². The van der Waals surface area contributed by atoms with Crippen molar-refractivity contribution in [3.63, 3.8) is 0 Å². The predicted octanol–water partition coefficient (Wildman–Crippen LogP) is 0.352. The van der Waals surface area contributed by atoms with E-state index >= 15 is 0 Å². The van der Waals surface area contributed by atoms with E-state index in [1.165, 1.54) is 0 Å². The molecule has 4 nitrogen and oxygen atoms in total. The smallest absolute Gasteiger partial charge is 0.319 e. The molecule has 1 aliphatic rings. The van der Waals surface area contributed by atoms with Gasteiger partial charge in [-0.25, -0.2) is 4.79 Å². The summed E-state index contributed by atoms with van der Waals surface area (Å²) < 4.78 is 0. The summed E-state index contributed by atoms with van der Waals surface area (Å²) in [6, 6.07) is 0.568. The maximum Gasteiger partial charge on any atom is 0.319 e. The number of urea groups is 1. The first-order valence-corrected chi connectivity index (χ1v) is 4.88. The summed E-state index contributed by atoms with van der Waals surface area (Å²) >= 11 is 0. The second kappa shape index (κ2) is 4.46. The van der Waals surface area contributed by atoms with E-state index in [0.29, 0.717) is 6.04 Å². The number of hydrogen-bond acceptors (Lipinski definition) is 2. The van der Waals surface area contributed by atoms with E-state index in [1.807, 2.05) is 18.9 Å². The molecule has 0 bridgehead atoms. The van der Waals surface area contributed by atoms with Crippen molar-refractivity contribution >= 4 is 6.03 Å². The SMILES string of the molecule is CCN(C)C(=O)N1CCN[C@H](C)C1. The maximum atomic E-state index is 11.7. The number of carbonyl (C=O) groups excluding carboxylic acids is 1. The van der Waals surface area contributed by atoms with Crippen LogP contribution in [-0.2, 0) is 0 Å². The first kappa shape index (κ1) is 10.3. The Morgan fingerprint density at radius 2 is 2.38 bits per heavy atom. The zero-order valence-electron chi connectivity index (χ0n) is 8.71. The van der Waals surface area contributed by atoms with Gasteiger partial charge in [0.05, 0.1) is 0 Å². The van der Waals surface area contributed by atoms with Crippen molar-refractivity contribution in [2.45, 2.75) is 19.9 Å². The molecule has 0 unspecified atom stereocenters. The van der Waals surface area contributed by atoms with Gasteiger partial charge in [0.15, 0.2) is 0 Å². The molecule has 0 saturated carbocycles. The zero-order valence-corrected chi connectivity index (χ0v) is 8.71. The normalized spacial score (nSPS) is 23.0. The molecule has 0 spiro atoms. The molecule has 1 heterocycles. The topological polar surface area (TPSA) is 35.6 Å². The van der Waals surface area contributed by atoms with Crippen molar-refractivity contribution in [1.29, 1.82) is 0 Å². The van der Waals surface area contributed by atoms with E-state index in [2.05, 4.69) is 12.2 Å². The summed E-state index contributed by atoms with van der Waals surface area (Å²) in [5.41, 5.74) is 0. The number of rotatable bonds is 1. The quantitative estimate of drug-likeness (QED) is 0.640. The third-order valence-corrected chi connectivity index (χ3v) is 2.44. The van der Waals surface area contributed by atoms with Gasteiger partial charge in [-0.3, -0.25) is 0 Å². The number of piperazine rings is 1. The van der Waals surface area contributed by atoms with E-state index in [4.69, 9.17) is 0 Å². The first-order valence-electron chi connectivity index (χ1n) is 4.88. The lowest BCUT2D eigenvalue weighted by Gasteiger charge is -2.34. The van der Waals surface area contributed by atoms with Gasteiger partial charge in [0.2, 0.25) is 0 Å². The highest BCUT2D eigenvalue weighted by molar-refractivity contribution is 5.74. The average Bonchev–Trinajstić information content (AvgIpc) is 2.15. The molecule has 0 radical (unpaired) electrons. The Morgan fingerprint density at radius 3 is 2.92 bits per heavy atom. The Bertz CT molecular complexity index is 184. The molecule has 1 rings (SSSR count). The van der Waals surface area contributed by atoms with Crippen LogP contribution in [0.5, 0.6) is 0 Å². The largest absolute Gasteiger partial charge is 0.328 e. The summed E-state index contributed by atoms with van der Waals surface area (Å²) in [4.78, 5) is 15.4. The third kappa shape index (κ3) is 2.59. The van der Waals surface area contributed by atoms with Crippen molar-refractivity contribution in [2.75, 3.05) is 33.2 Å². The molecule has 13 heavy (non-hydrogen) atoms. The van der Waals surface area contributed by atoms with E-state index in [1.54, 1.807) is 4.90 Å². The number of nitrogens with zero attached hydrogens (tertiary/aromatic N) is 2. The number of nitrogens with one attached hydrogen (secondary N) is 1. The van der Waals surface area contributed by atoms with Gasteiger partial charge in [0.25, 0.3) is 0 Å². The molecule has 76 valence electrons. The van der Waals surface area contributed by atoms with Crippen molar-refractivity contribution in [3.05, 3.63) is 0 Å². The van der Waals surface area contributed by atoms with Gasteiger partial charge in [0.1, 0.15) is 0 Å². The molecule has 1 N–H and O–H groups in total. The van der Waals surface area contributed by atoms with Crippen LogP contribution in [0, 0.1) is 0 Å². The fraction of sp³-hybridized carbons (Fsp3) is 0.889. The fourth-order valence-electron chi connectivity index (χ4n) is 1.48. The summed E-state index contributed by atoms with van der Waals surface area (Å²) in [5, 5.41) is 3.31. The Labute approximate surface area is 79.9 Å². The number of hydrogen-bond donors (Lipinski definition) is 1. The highest BCUT2D eigenvalue weighted by Gasteiger charge is 2.21. The van der Waals surface area contributed by atoms with E-state index in [-0.39, 0.29) is 6.03 Å². The molecule has 1 atom stereocenters. The Kier molecular flexibility index (Phi) is 3.54. The van der Waals surface area contributed by atoms with Crippen LogP contribution in [0.3, 0.4) is 0 Å². The van der Waals surface area contributed by atoms with Crippen molar-refractivity contribution in [1.82, 2.24) is 15.1 Å². The first-order chi connectivity index (χ1) is 6.15. The molecular weight excluding hydrogens is 166 g/mol. The minimum absolute atomic E-state index is 0.149. The molecule has 1 aliphatic heterocycles. The molecule has 2 amide bonds. The summed E-state index contributed by atoms with van der Waals surface area (Å²) in [6.07, 6.45) is 0. The van der Waals surface area contributed by atoms with Crippen molar-refractivity contribution < 1.29 is 4.79 Å². The predicted molar refractivity (Wildman–Crippen MR) is 52.7 cm³/mol. The van der Waals surface area contributed by atoms with Gasteiger partial charge in [0, 0.05) is 39.3 Å². The number of amides is 2. The summed E-state index contributed by atoms with van der Waals surface area (Å²) in [5.74, 6) is 0. The lowest BCUT2D eigenvalue weighted by Crippen LogP contribution is -2.54. The Morgan fingerprint density at radius 1 is 1.69 bits per heavy atom. The average molecular weight is 185 g/mol. The Hall–Kier alpha value is -0.770. The molecule has 4 heteroatoms. The molecule has 1 saturated heterocycles. The molecule has 1 fully saturated rings. The molecule has 0 aromatic heterocycles. The van der Waals surface area contributed by atoms with Crippen LogP contribution in [0.15, 0.2) is 0 Å². The van der Waals surface area contributed by atoms with E-state index in [0.717, 1.165) is 26.2 Å². The summed E-state index contributed by atoms with van der Waals surface area (Å²) in [6.45, 7) is 7.42. The summed E-state index contributed by atoms with van der Waals surface area (Å²) in [7, 11) is 1.84. The zero-order chi connectivity index (χ0) is 9.84. The van der Waals surface area contributed by atoms with Crippen molar-refractivity contribution in [3.8, 4) is 0 Å². The lowest BCUT2D eigenvalue weighted by atomic mass is 10.2. The lowest BCUT2D eigenvalue weighted by molar-refractivity contribution is 0.149. The van der Waals surface area contributed by atoms with E-state index in [9.17, 15) is 4.79 Å². The van der Waals surface area contributed by atoms with Crippen LogP contribution < -0.4 is 5.32 Å². The van der Waals surface area contributed by atoms with Gasteiger partial charge in [-0.2, -0.15) is 0 Å². The van der Waals surface area contributed by atoms with Crippen LogP contribution in [-0.4, -0.2) is 55.1 Å². The minimum Gasteiger partial charge on any atom is -0.328 e. The van der Waals surface area contributed by atoms with Gasteiger partial charge in [-0.15, -0.1) is 0 Å². The Balaban J connectivity index is 2.46. The fourth-order valence-corrected chi connectivity index (χ4v) is 1.48. The monoisotopic (exact) mass is 185 g/mol. The van der Waals surface area contributed by atoms with Crippen LogP contribution in [0.2, 0.25) is 0 Å². The molecule has 0 aromatic carbocycles. The highest BCUT2D eigenvalue weighted by atomic mass is 16.2. The minimum atomic E-state index is 0.149. The maximum absolute atomic E-state index is 11.7. The van der Waals surface area contributed by atoms with Gasteiger partial charge in [-0.1, -0.05) is 0 Å². The van der Waals surface area contributed by atoms with Crippen molar-refractivity contribution in [2.24, 2.45) is 0 Å². The molecule has 0 aromatic rings. The third-order valence-electron chi connectivity index (χ3n) is 2.44. The second-order valence-electron chi connectivity index (χ2n) is 3.60. The molecular formula is C9H19N3O. The second-order valence-corrected chi connectivity index (χ2v) is 3.60. The van der Waals surface area contributed by atoms with Crippen LogP contribution >= 0.6 is 0 Å². The van der Waals surface area contributed by atoms with Crippen LogP contribution in [0.25, 0.3) is 0 Å². The van der Waals surface area contributed by atoms with E-state index < -0.39 is 0 Å². The van der Waals surface area contributed by atoms with Crippen LogP contribution in [0.1, 0.15) is 13.8 Å². The van der Waals surface area contributed by atoms with Crippen LogP contribution in [0.4, 0.5) is 4.79 Å². The van der Waals surface area contributed by atoms with Gasteiger partial charge < -0.3 is 15.1 Å². The van der Waals surface area contributed by atoms with Gasteiger partial charge >= 0.3 is 6.03 Å². The highest BCUT2D eigenvalue weighted by Crippen LogP contribution is 2.02.